The molecule has 1 aliphatic rings. The maximum absolute atomic E-state index is 13.6. The third kappa shape index (κ3) is 4.22. The molecule has 31 heavy (non-hydrogen) atoms. The van der Waals surface area contributed by atoms with Gasteiger partial charge in [-0.25, -0.2) is 0 Å². The van der Waals surface area contributed by atoms with Gasteiger partial charge in [-0.15, -0.1) is 0 Å². The summed E-state index contributed by atoms with van der Waals surface area (Å²) in [6, 6.07) is 21.5. The molecule has 5 heteroatoms. The molecule has 0 aliphatic carbocycles. The number of ether oxygens (including phenoxy) is 3. The second-order valence-electron chi connectivity index (χ2n) is 7.68. The van der Waals surface area contributed by atoms with Gasteiger partial charge in [-0.3, -0.25) is 4.79 Å². The van der Waals surface area contributed by atoms with Crippen molar-refractivity contribution in [2.75, 3.05) is 19.1 Å². The Labute approximate surface area is 183 Å². The van der Waals surface area contributed by atoms with Crippen LogP contribution in [0.15, 0.2) is 66.7 Å². The van der Waals surface area contributed by atoms with E-state index in [2.05, 4.69) is 13.0 Å². The van der Waals surface area contributed by atoms with Gasteiger partial charge in [0.2, 0.25) is 5.75 Å². The average molecular weight is 418 g/mol. The van der Waals surface area contributed by atoms with Crippen LogP contribution in [0.1, 0.15) is 34.8 Å². The zero-order valence-electron chi connectivity index (χ0n) is 18.1. The topological polar surface area (TPSA) is 48.0 Å². The minimum absolute atomic E-state index is 0.0779. The zero-order valence-corrected chi connectivity index (χ0v) is 18.1. The van der Waals surface area contributed by atoms with Crippen LogP contribution in [0.25, 0.3) is 0 Å². The summed E-state index contributed by atoms with van der Waals surface area (Å²) < 4.78 is 17.2. The monoisotopic (exact) mass is 417 g/mol. The summed E-state index contributed by atoms with van der Waals surface area (Å²) in [5.41, 5.74) is 3.69. The van der Waals surface area contributed by atoms with Crippen molar-refractivity contribution in [3.8, 4) is 17.2 Å². The fourth-order valence-corrected chi connectivity index (χ4v) is 4.01. The lowest BCUT2D eigenvalue weighted by Gasteiger charge is -2.35. The van der Waals surface area contributed by atoms with E-state index in [1.54, 1.807) is 26.4 Å². The van der Waals surface area contributed by atoms with Crippen molar-refractivity contribution in [2.24, 2.45) is 0 Å². The molecule has 3 aromatic carbocycles. The van der Waals surface area contributed by atoms with Crippen LogP contribution in [-0.4, -0.2) is 26.2 Å². The minimum Gasteiger partial charge on any atom is -0.493 e. The molecule has 1 amide bonds. The van der Waals surface area contributed by atoms with Gasteiger partial charge in [-0.2, -0.15) is 0 Å². The Morgan fingerprint density at radius 3 is 2.29 bits per heavy atom. The predicted molar refractivity (Wildman–Crippen MR) is 121 cm³/mol. The van der Waals surface area contributed by atoms with E-state index in [9.17, 15) is 4.79 Å². The first-order valence-electron chi connectivity index (χ1n) is 10.5. The molecule has 3 aromatic rings. The Kier molecular flexibility index (Phi) is 6.12. The lowest BCUT2D eigenvalue weighted by atomic mass is 9.95. The number of carbonyl (C=O) groups is 1. The number of rotatable bonds is 6. The van der Waals surface area contributed by atoms with Crippen molar-refractivity contribution in [3.63, 3.8) is 0 Å². The van der Waals surface area contributed by atoms with Crippen molar-refractivity contribution in [1.82, 2.24) is 0 Å². The van der Waals surface area contributed by atoms with Gasteiger partial charge in [0.15, 0.2) is 11.5 Å². The van der Waals surface area contributed by atoms with Gasteiger partial charge >= 0.3 is 0 Å². The van der Waals surface area contributed by atoms with Gasteiger partial charge < -0.3 is 19.1 Å². The predicted octanol–water partition coefficient (Wildman–Crippen LogP) is 5.26. The second kappa shape index (κ2) is 9.13. The van der Waals surface area contributed by atoms with Gasteiger partial charge in [-0.1, -0.05) is 48.5 Å². The van der Waals surface area contributed by atoms with Crippen LogP contribution < -0.4 is 19.1 Å². The summed E-state index contributed by atoms with van der Waals surface area (Å²) in [5.74, 6) is 1.34. The number of fused-ring (bicyclic) bond motifs is 1. The van der Waals surface area contributed by atoms with Crippen LogP contribution in [0, 0.1) is 0 Å². The van der Waals surface area contributed by atoms with E-state index in [1.165, 1.54) is 5.56 Å². The highest BCUT2D eigenvalue weighted by atomic mass is 16.5. The number of hydrogen-bond donors (Lipinski definition) is 0. The largest absolute Gasteiger partial charge is 0.493 e. The van der Waals surface area contributed by atoms with E-state index < -0.39 is 0 Å². The van der Waals surface area contributed by atoms with Crippen LogP contribution >= 0.6 is 0 Å². The van der Waals surface area contributed by atoms with Crippen molar-refractivity contribution in [1.29, 1.82) is 0 Å². The maximum Gasteiger partial charge on any atom is 0.258 e. The van der Waals surface area contributed by atoms with Crippen LogP contribution in [-0.2, 0) is 13.0 Å². The van der Waals surface area contributed by atoms with Gasteiger partial charge in [-0.05, 0) is 49.1 Å². The molecule has 1 heterocycles. The first kappa shape index (κ1) is 20.8. The molecule has 0 bridgehead atoms. The summed E-state index contributed by atoms with van der Waals surface area (Å²) in [6.45, 7) is 2.46. The van der Waals surface area contributed by atoms with E-state index >= 15 is 0 Å². The normalized spacial score (nSPS) is 15.2. The molecule has 0 spiro atoms. The molecular formula is C26H27NO4. The summed E-state index contributed by atoms with van der Waals surface area (Å²) in [7, 11) is 3.13. The standard InChI is InChI=1S/C26H27NO4/c1-18-13-14-20-11-7-8-12-22(20)27(18)26(28)21-15-23(29-2)25(24(16-21)30-3)31-17-19-9-5-4-6-10-19/h4-12,15-16,18H,13-14,17H2,1-3H3/t18-/m1/s1. The van der Waals surface area contributed by atoms with E-state index in [-0.39, 0.29) is 11.9 Å². The highest BCUT2D eigenvalue weighted by molar-refractivity contribution is 6.08. The first-order chi connectivity index (χ1) is 15.1. The molecule has 4 rings (SSSR count). The third-order valence-corrected chi connectivity index (χ3v) is 5.68. The molecule has 160 valence electrons. The van der Waals surface area contributed by atoms with Gasteiger partial charge in [0.05, 0.1) is 14.2 Å². The van der Waals surface area contributed by atoms with Crippen molar-refractivity contribution in [2.45, 2.75) is 32.4 Å². The molecule has 0 saturated heterocycles. The second-order valence-corrected chi connectivity index (χ2v) is 7.68. The molecule has 1 atom stereocenters. The fourth-order valence-electron chi connectivity index (χ4n) is 4.01. The SMILES string of the molecule is COc1cc(C(=O)N2c3ccccc3CC[C@H]2C)cc(OC)c1OCc1ccccc1. The number of aryl methyl sites for hydroxylation is 1. The molecule has 0 saturated carbocycles. The Bertz CT molecular complexity index is 1040. The molecule has 0 N–H and O–H groups in total. The molecule has 0 radical (unpaired) electrons. The number of anilines is 1. The summed E-state index contributed by atoms with van der Waals surface area (Å²) in [5, 5.41) is 0. The molecule has 5 nitrogen and oxygen atoms in total. The number of amides is 1. The Balaban J connectivity index is 1.67. The number of para-hydroxylation sites is 1. The highest BCUT2D eigenvalue weighted by Gasteiger charge is 2.30. The van der Waals surface area contributed by atoms with Crippen molar-refractivity contribution >= 4 is 11.6 Å². The van der Waals surface area contributed by atoms with Crippen LogP contribution in [0.4, 0.5) is 5.69 Å². The van der Waals surface area contributed by atoms with E-state index in [0.29, 0.717) is 29.4 Å². The smallest absolute Gasteiger partial charge is 0.258 e. The van der Waals surface area contributed by atoms with E-state index in [4.69, 9.17) is 14.2 Å². The highest BCUT2D eigenvalue weighted by Crippen LogP contribution is 2.40. The summed E-state index contributed by atoms with van der Waals surface area (Å²) in [6.07, 6.45) is 1.90. The molecule has 0 unspecified atom stereocenters. The maximum atomic E-state index is 13.6. The number of hydrogen-bond acceptors (Lipinski definition) is 4. The molecular weight excluding hydrogens is 390 g/mol. The summed E-state index contributed by atoms with van der Waals surface area (Å²) >= 11 is 0. The number of nitrogens with zero attached hydrogens (tertiary/aromatic N) is 1. The van der Waals surface area contributed by atoms with Gasteiger partial charge in [0, 0.05) is 17.3 Å². The van der Waals surface area contributed by atoms with Gasteiger partial charge in [0.25, 0.3) is 5.91 Å². The van der Waals surface area contributed by atoms with Crippen molar-refractivity contribution in [3.05, 3.63) is 83.4 Å². The van der Waals surface area contributed by atoms with Crippen LogP contribution in [0.5, 0.6) is 17.2 Å². The third-order valence-electron chi connectivity index (χ3n) is 5.68. The summed E-state index contributed by atoms with van der Waals surface area (Å²) in [4.78, 5) is 15.4. The van der Waals surface area contributed by atoms with Crippen molar-refractivity contribution < 1.29 is 19.0 Å². The van der Waals surface area contributed by atoms with E-state index in [0.717, 1.165) is 24.1 Å². The zero-order chi connectivity index (χ0) is 21.8. The Hall–Kier alpha value is -3.47. The first-order valence-corrected chi connectivity index (χ1v) is 10.5. The molecule has 0 fully saturated rings. The van der Waals surface area contributed by atoms with Gasteiger partial charge in [0.1, 0.15) is 6.61 Å². The Morgan fingerprint density at radius 2 is 1.61 bits per heavy atom. The Morgan fingerprint density at radius 1 is 0.968 bits per heavy atom. The number of methoxy groups -OCH3 is 2. The number of benzene rings is 3. The van der Waals surface area contributed by atoms with E-state index in [1.807, 2.05) is 53.4 Å². The molecule has 0 aromatic heterocycles. The lowest BCUT2D eigenvalue weighted by molar-refractivity contribution is 0.0974. The van der Waals surface area contributed by atoms with Crippen LogP contribution in [0.2, 0.25) is 0 Å². The average Bonchev–Trinajstić information content (AvgIpc) is 2.82. The fraction of sp³-hybridized carbons (Fsp3) is 0.269. The minimum atomic E-state index is -0.0779. The lowest BCUT2D eigenvalue weighted by Crippen LogP contribution is -2.42. The van der Waals surface area contributed by atoms with Crippen LogP contribution in [0.3, 0.4) is 0 Å². The quantitative estimate of drug-likeness (QED) is 0.549. The number of carbonyl (C=O) groups excluding carboxylic acids is 1. The molecule has 1 aliphatic heterocycles.